The van der Waals surface area contributed by atoms with Gasteiger partial charge in [0.05, 0.1) is 25.3 Å². The molecule has 3 atom stereocenters. The van der Waals surface area contributed by atoms with E-state index in [0.717, 1.165) is 5.56 Å². The van der Waals surface area contributed by atoms with Gasteiger partial charge in [0, 0.05) is 51.1 Å². The van der Waals surface area contributed by atoms with Gasteiger partial charge in [-0.2, -0.15) is 9.10 Å². The molecule has 2 heterocycles. The molecule has 0 radical (unpaired) electrons. The van der Waals surface area contributed by atoms with E-state index in [9.17, 15) is 9.90 Å². The number of carbonyl (C=O) groups excluding carboxylic acids is 1. The molecule has 0 aliphatic carbocycles. The number of carbonyl (C=O) groups is 1. The normalized spacial score (nSPS) is 16.5. The maximum Gasteiger partial charge on any atom is 0.407 e. The first-order valence-corrected chi connectivity index (χ1v) is 29.4. The molecule has 1 saturated heterocycles. The van der Waals surface area contributed by atoms with E-state index in [0.29, 0.717) is 42.0 Å². The number of aromatic nitrogens is 4. The van der Waals surface area contributed by atoms with Crippen LogP contribution in [0.1, 0.15) is 78.0 Å². The van der Waals surface area contributed by atoms with Crippen LogP contribution in [0.2, 0.25) is 18.1 Å². The number of hydrogen-bond acceptors (Lipinski definition) is 13. The molecule has 0 spiro atoms. The summed E-state index contributed by atoms with van der Waals surface area (Å²) in [5, 5.41) is 26.3. The van der Waals surface area contributed by atoms with Crippen molar-refractivity contribution >= 4 is 40.1 Å². The Morgan fingerprint density at radius 3 is 2.03 bits per heavy atom. The van der Waals surface area contributed by atoms with Gasteiger partial charge in [0.2, 0.25) is 25.9 Å². The number of hydrogen-bond donors (Lipinski definition) is 3. The van der Waals surface area contributed by atoms with Gasteiger partial charge < -0.3 is 29.2 Å². The first kappa shape index (κ1) is 54.1. The van der Waals surface area contributed by atoms with Crippen LogP contribution in [0, 0.1) is 5.92 Å². The predicted molar refractivity (Wildman–Crippen MR) is 273 cm³/mol. The Balaban J connectivity index is 1.56. The van der Waals surface area contributed by atoms with Gasteiger partial charge in [0.15, 0.2) is 8.32 Å². The third kappa shape index (κ3) is 13.8. The fraction of sp³-hybridized carbons (Fsp3) is 0.480. The second-order valence-electron chi connectivity index (χ2n) is 20.4. The average molecular weight is 1020 g/mol. The molecular weight excluding hydrogens is 949 g/mol. The summed E-state index contributed by atoms with van der Waals surface area (Å²) in [6, 6.07) is 28.2. The van der Waals surface area contributed by atoms with Crippen LogP contribution < -0.4 is 19.7 Å². The van der Waals surface area contributed by atoms with Gasteiger partial charge >= 0.3 is 6.09 Å². The number of aliphatic hydroxyl groups excluding tert-OH is 1. The van der Waals surface area contributed by atoms with Crippen molar-refractivity contribution in [2.45, 2.75) is 127 Å². The molecule has 2 unspecified atom stereocenters. The van der Waals surface area contributed by atoms with Crippen molar-refractivity contribution in [2.24, 2.45) is 5.92 Å². The van der Waals surface area contributed by atoms with Crippen LogP contribution in [-0.4, -0.2) is 112 Å². The van der Waals surface area contributed by atoms with E-state index >= 15 is 16.8 Å². The summed E-state index contributed by atoms with van der Waals surface area (Å²) < 4.78 is 84.3. The molecule has 1 aliphatic rings. The number of methoxy groups -OCH3 is 1. The minimum absolute atomic E-state index is 0.00385. The third-order valence-corrected chi connectivity index (χ3v) is 20.8. The minimum Gasteiger partial charge on any atom is -0.497 e. The lowest BCUT2D eigenvalue weighted by molar-refractivity contribution is 0.0498. The summed E-state index contributed by atoms with van der Waals surface area (Å²) in [6.07, 6.45) is -0.390. The number of benzene rings is 4. The van der Waals surface area contributed by atoms with Crippen LogP contribution >= 0.6 is 0 Å². The van der Waals surface area contributed by atoms with Crippen molar-refractivity contribution < 1.29 is 40.6 Å². The number of aliphatic hydroxyl groups is 1. The summed E-state index contributed by atoms with van der Waals surface area (Å²) in [5.74, 6) is 0.577. The molecule has 1 fully saturated rings. The van der Waals surface area contributed by atoms with E-state index in [1.54, 1.807) is 46.1 Å². The maximum atomic E-state index is 16.1. The second kappa shape index (κ2) is 22.5. The van der Waals surface area contributed by atoms with E-state index in [1.807, 2.05) is 118 Å². The van der Waals surface area contributed by atoms with Crippen molar-refractivity contribution in [2.75, 3.05) is 38.3 Å². The van der Waals surface area contributed by atoms with Gasteiger partial charge in [-0.1, -0.05) is 93.6 Å². The Morgan fingerprint density at radius 1 is 0.871 bits per heavy atom. The zero-order valence-corrected chi connectivity index (χ0v) is 44.7. The lowest BCUT2D eigenvalue weighted by Gasteiger charge is -2.40. The van der Waals surface area contributed by atoms with Crippen LogP contribution in [0.15, 0.2) is 107 Å². The minimum atomic E-state index is -4.85. The number of alkyl carbamates (subject to hydrolysis) is 1. The third-order valence-electron chi connectivity index (χ3n) is 12.7. The standard InChI is InChI=1S/C50H70N8O9S2Si/c1-36-29-40(35-59)27-28-57(36)43-25-26-44(68(61,62)52-31-42(67-70(9,10)50(5,6)7)30-51-48(60)66-49(2,3)4)46(45(43)47-53-55-58(54-47)34-39-21-23-41(65-8)24-22-39)69(63,64)56(32-37-17-13-11-14-18-37)33-38-19-15-12-16-20-38/h11-26,36,40,42,52,59H,27-35H2,1-10H3,(H,51,60)/t36?,40?,42-/m1/s1. The Kier molecular flexibility index (Phi) is 17.4. The molecule has 1 aliphatic heterocycles. The number of amides is 1. The Bertz CT molecular complexity index is 2710. The number of ether oxygens (including phenoxy) is 2. The molecule has 1 amide bonds. The molecule has 5 aromatic rings. The molecule has 0 bridgehead atoms. The molecule has 17 nitrogen and oxygen atoms in total. The lowest BCUT2D eigenvalue weighted by atomic mass is 9.91. The van der Waals surface area contributed by atoms with E-state index < -0.39 is 56.0 Å². The average Bonchev–Trinajstić information content (AvgIpc) is 3.77. The molecule has 4 aromatic carbocycles. The molecule has 3 N–H and O–H groups in total. The monoisotopic (exact) mass is 1020 g/mol. The second-order valence-corrected chi connectivity index (χ2v) is 28.7. The van der Waals surface area contributed by atoms with Crippen molar-refractivity contribution in [3.05, 3.63) is 114 Å². The van der Waals surface area contributed by atoms with Crippen LogP contribution in [-0.2, 0) is 48.8 Å². The summed E-state index contributed by atoms with van der Waals surface area (Å²) in [7, 11) is -10.6. The van der Waals surface area contributed by atoms with Crippen molar-refractivity contribution in [1.29, 1.82) is 0 Å². The van der Waals surface area contributed by atoms with E-state index in [2.05, 4.69) is 20.4 Å². The van der Waals surface area contributed by atoms with Crippen LogP contribution in [0.5, 0.6) is 5.75 Å². The summed E-state index contributed by atoms with van der Waals surface area (Å²) in [5.41, 5.74) is 1.73. The van der Waals surface area contributed by atoms with Gasteiger partial charge in [-0.15, -0.1) is 10.2 Å². The number of sulfonamides is 2. The van der Waals surface area contributed by atoms with Crippen LogP contribution in [0.3, 0.4) is 0 Å². The molecular formula is C50H70N8O9S2Si. The predicted octanol–water partition coefficient (Wildman–Crippen LogP) is 7.58. The van der Waals surface area contributed by atoms with Crippen LogP contribution in [0.25, 0.3) is 11.4 Å². The SMILES string of the molecule is COc1ccc(Cn2nnc(-c3c(N4CCC(CO)CC4C)ccc(S(=O)(=O)NC[C@@H](CNC(=O)OC(C)(C)C)O[Si](C)(C)C(C)(C)C)c3S(=O)(=O)N(Cc3ccccc3)Cc3ccccc3)n2)cc1. The largest absolute Gasteiger partial charge is 0.497 e. The number of tetrazole rings is 1. The maximum absolute atomic E-state index is 16.1. The van der Waals surface area contributed by atoms with Gasteiger partial charge in [0.25, 0.3) is 0 Å². The summed E-state index contributed by atoms with van der Waals surface area (Å²) in [4.78, 5) is 15.2. The Hall–Kier alpha value is -5.22. The quantitative estimate of drug-likeness (QED) is 0.0644. The van der Waals surface area contributed by atoms with Gasteiger partial charge in [0.1, 0.15) is 21.1 Å². The number of nitrogens with one attached hydrogen (secondary N) is 2. The van der Waals surface area contributed by atoms with Gasteiger partial charge in [-0.05, 0) is 111 Å². The van der Waals surface area contributed by atoms with E-state index in [1.165, 1.54) is 15.2 Å². The molecule has 380 valence electrons. The number of piperidine rings is 1. The number of anilines is 1. The highest BCUT2D eigenvalue weighted by Crippen LogP contribution is 2.43. The summed E-state index contributed by atoms with van der Waals surface area (Å²) >= 11 is 0. The van der Waals surface area contributed by atoms with Gasteiger partial charge in [-0.3, -0.25) is 0 Å². The summed E-state index contributed by atoms with van der Waals surface area (Å²) in [6.45, 7) is 17.3. The molecule has 70 heavy (non-hydrogen) atoms. The Morgan fingerprint density at radius 2 is 1.49 bits per heavy atom. The molecule has 1 aromatic heterocycles. The van der Waals surface area contributed by atoms with Crippen molar-refractivity contribution in [1.82, 2.24) is 34.6 Å². The number of rotatable bonds is 20. The van der Waals surface area contributed by atoms with E-state index in [4.69, 9.17) is 19.0 Å². The van der Waals surface area contributed by atoms with Crippen molar-refractivity contribution in [3.63, 3.8) is 0 Å². The Labute approximate surface area is 415 Å². The molecule has 6 rings (SSSR count). The topological polar surface area (TPSA) is 207 Å². The lowest BCUT2D eigenvalue weighted by Crippen LogP contribution is -2.51. The molecule has 20 heteroatoms. The number of nitrogens with zero attached hydrogens (tertiary/aromatic N) is 6. The first-order chi connectivity index (χ1) is 32.9. The van der Waals surface area contributed by atoms with Crippen molar-refractivity contribution in [3.8, 4) is 17.1 Å². The van der Waals surface area contributed by atoms with Crippen LogP contribution in [0.4, 0.5) is 10.5 Å². The highest BCUT2D eigenvalue weighted by molar-refractivity contribution is 7.92. The van der Waals surface area contributed by atoms with E-state index in [-0.39, 0.29) is 67.7 Å². The highest BCUT2D eigenvalue weighted by Gasteiger charge is 2.42. The fourth-order valence-electron chi connectivity index (χ4n) is 8.04. The fourth-order valence-corrected chi connectivity index (χ4v) is 12.9. The first-order valence-electron chi connectivity index (χ1n) is 23.6. The zero-order valence-electron chi connectivity index (χ0n) is 42.0. The van der Waals surface area contributed by atoms with Gasteiger partial charge in [-0.25, -0.2) is 26.4 Å². The highest BCUT2D eigenvalue weighted by atomic mass is 32.2. The molecule has 0 saturated carbocycles. The zero-order chi connectivity index (χ0) is 51.1. The smallest absolute Gasteiger partial charge is 0.407 e.